The van der Waals surface area contributed by atoms with Crippen LogP contribution >= 0.6 is 0 Å². The average molecular weight is 414 g/mol. The minimum Gasteiger partial charge on any atom is -0.338 e. The summed E-state index contributed by atoms with van der Waals surface area (Å²) < 4.78 is 25.5. The molecule has 7 nitrogen and oxygen atoms in total. The van der Waals surface area contributed by atoms with Gasteiger partial charge in [-0.1, -0.05) is 12.8 Å². The van der Waals surface area contributed by atoms with Gasteiger partial charge >= 0.3 is 0 Å². The van der Waals surface area contributed by atoms with Crippen molar-refractivity contribution in [3.8, 4) is 0 Å². The normalized spacial score (nSPS) is 17.1. The molecule has 0 bridgehead atoms. The van der Waals surface area contributed by atoms with Crippen LogP contribution in [0.25, 0.3) is 10.9 Å². The second kappa shape index (κ2) is 9.25. The van der Waals surface area contributed by atoms with Crippen LogP contribution in [0.3, 0.4) is 0 Å². The fourth-order valence-corrected chi connectivity index (χ4v) is 3.86. The van der Waals surface area contributed by atoms with Crippen molar-refractivity contribution in [2.45, 2.75) is 31.6 Å². The zero-order valence-electron chi connectivity index (χ0n) is 16.6. The number of hydrogen-bond donors (Lipinski definition) is 2. The molecule has 5 rings (SSSR count). The van der Waals surface area contributed by atoms with Gasteiger partial charge in [-0.3, -0.25) is 4.79 Å². The van der Waals surface area contributed by atoms with Crippen LogP contribution in [0, 0.1) is 11.6 Å². The van der Waals surface area contributed by atoms with Gasteiger partial charge in [0.15, 0.2) is 5.82 Å². The molecule has 2 aromatic heterocycles. The summed E-state index contributed by atoms with van der Waals surface area (Å²) in [5.74, 6) is 0.934. The van der Waals surface area contributed by atoms with Gasteiger partial charge in [0.2, 0.25) is 5.95 Å². The molecule has 3 heterocycles. The maximum Gasteiger partial charge on any atom is 0.258 e. The van der Waals surface area contributed by atoms with Gasteiger partial charge < -0.3 is 15.2 Å². The van der Waals surface area contributed by atoms with E-state index >= 15 is 0 Å². The lowest BCUT2D eigenvalue weighted by Gasteiger charge is -2.26. The third-order valence-electron chi connectivity index (χ3n) is 5.43. The molecule has 1 saturated carbocycles. The molecule has 1 saturated heterocycles. The maximum absolute atomic E-state index is 13.0. The van der Waals surface area contributed by atoms with Crippen LogP contribution in [-0.2, 0) is 0 Å². The van der Waals surface area contributed by atoms with E-state index in [-0.39, 0.29) is 11.4 Å². The largest absolute Gasteiger partial charge is 0.338 e. The summed E-state index contributed by atoms with van der Waals surface area (Å²) >= 11 is 0. The molecule has 2 aliphatic rings. The first-order valence-electron chi connectivity index (χ1n) is 10.2. The third-order valence-corrected chi connectivity index (χ3v) is 5.43. The Bertz CT molecular complexity index is 1040. The number of anilines is 1. The van der Waals surface area contributed by atoms with Crippen LogP contribution in [0.4, 0.5) is 14.7 Å². The molecular weight excluding hydrogens is 390 g/mol. The van der Waals surface area contributed by atoms with Crippen LogP contribution in [0.1, 0.15) is 37.4 Å². The lowest BCUT2D eigenvalue weighted by atomic mass is 10.1. The van der Waals surface area contributed by atoms with Crippen molar-refractivity contribution in [1.82, 2.24) is 25.3 Å². The minimum absolute atomic E-state index is 0.239. The van der Waals surface area contributed by atoms with Crippen LogP contribution < -0.4 is 15.8 Å². The summed E-state index contributed by atoms with van der Waals surface area (Å²) in [5, 5.41) is 3.55. The van der Waals surface area contributed by atoms with E-state index in [9.17, 15) is 13.6 Å². The highest BCUT2D eigenvalue weighted by molar-refractivity contribution is 5.77. The van der Waals surface area contributed by atoms with E-state index in [2.05, 4.69) is 25.3 Å². The molecule has 2 fully saturated rings. The molecule has 0 amide bonds. The molecule has 1 aromatic carbocycles. The number of fused-ring (bicyclic) bond motifs is 1. The predicted octanol–water partition coefficient (Wildman–Crippen LogP) is 2.75. The predicted molar refractivity (Wildman–Crippen MR) is 111 cm³/mol. The Morgan fingerprint density at radius 1 is 1.00 bits per heavy atom. The highest BCUT2D eigenvalue weighted by atomic mass is 19.1. The number of nitrogens with one attached hydrogen (secondary N) is 2. The summed E-state index contributed by atoms with van der Waals surface area (Å²) in [6, 6.07) is 4.14. The molecule has 158 valence electrons. The maximum atomic E-state index is 13.0. The molecule has 1 aliphatic heterocycles. The molecule has 9 heteroatoms. The zero-order chi connectivity index (χ0) is 20.9. The lowest BCUT2D eigenvalue weighted by Crippen LogP contribution is -2.44. The van der Waals surface area contributed by atoms with Crippen molar-refractivity contribution in [3.05, 3.63) is 58.4 Å². The number of piperazine rings is 1. The van der Waals surface area contributed by atoms with Gasteiger partial charge in [0, 0.05) is 32.1 Å². The standard InChI is InChI=1S/C13H13FN2O.C8H11FN4/c14-9-5-6-11-10(7-9)13(17)16-12(15-11)8-3-1-2-4-8;9-7-5-11-8(12-6-7)13-3-1-10-2-4-13/h5-8H,1-4H2,(H,15,16,17);5-6,10H,1-4H2. The summed E-state index contributed by atoms with van der Waals surface area (Å²) in [6.45, 7) is 3.62. The second-order valence-corrected chi connectivity index (χ2v) is 7.53. The highest BCUT2D eigenvalue weighted by Crippen LogP contribution is 2.31. The number of rotatable bonds is 2. The topological polar surface area (TPSA) is 86.8 Å². The zero-order valence-corrected chi connectivity index (χ0v) is 16.6. The molecule has 0 atom stereocenters. The Morgan fingerprint density at radius 3 is 2.40 bits per heavy atom. The van der Waals surface area contributed by atoms with Gasteiger partial charge in [0.25, 0.3) is 5.56 Å². The smallest absolute Gasteiger partial charge is 0.258 e. The lowest BCUT2D eigenvalue weighted by molar-refractivity contribution is 0.572. The van der Waals surface area contributed by atoms with Gasteiger partial charge in [-0.15, -0.1) is 0 Å². The first kappa shape index (κ1) is 20.3. The van der Waals surface area contributed by atoms with Crippen molar-refractivity contribution < 1.29 is 8.78 Å². The Morgan fingerprint density at radius 2 is 1.70 bits per heavy atom. The van der Waals surface area contributed by atoms with Gasteiger partial charge in [-0.05, 0) is 31.0 Å². The van der Waals surface area contributed by atoms with Crippen molar-refractivity contribution in [3.63, 3.8) is 0 Å². The molecule has 0 radical (unpaired) electrons. The number of nitrogens with zero attached hydrogens (tertiary/aromatic N) is 4. The van der Waals surface area contributed by atoms with E-state index in [1.54, 1.807) is 6.07 Å². The first-order valence-corrected chi connectivity index (χ1v) is 10.2. The molecule has 30 heavy (non-hydrogen) atoms. The Hall–Kier alpha value is -2.94. The quantitative estimate of drug-likeness (QED) is 0.671. The van der Waals surface area contributed by atoms with Crippen molar-refractivity contribution >= 4 is 16.9 Å². The van der Waals surface area contributed by atoms with Gasteiger partial charge in [0.1, 0.15) is 11.6 Å². The molecule has 1 aliphatic carbocycles. The summed E-state index contributed by atoms with van der Waals surface area (Å²) in [7, 11) is 0. The Kier molecular flexibility index (Phi) is 6.27. The summed E-state index contributed by atoms with van der Waals surface area (Å²) in [5.41, 5.74) is 0.341. The van der Waals surface area contributed by atoms with Gasteiger partial charge in [0.05, 0.1) is 23.3 Å². The van der Waals surface area contributed by atoms with E-state index in [4.69, 9.17) is 0 Å². The third kappa shape index (κ3) is 4.79. The van der Waals surface area contributed by atoms with Gasteiger partial charge in [-0.2, -0.15) is 0 Å². The highest BCUT2D eigenvalue weighted by Gasteiger charge is 2.20. The number of aromatic nitrogens is 4. The van der Waals surface area contributed by atoms with Gasteiger partial charge in [-0.25, -0.2) is 23.7 Å². The second-order valence-electron chi connectivity index (χ2n) is 7.53. The monoisotopic (exact) mass is 414 g/mol. The fraction of sp³-hybridized carbons (Fsp3) is 0.429. The van der Waals surface area contributed by atoms with Crippen molar-refractivity contribution in [2.75, 3.05) is 31.1 Å². The number of H-pyrrole nitrogens is 1. The Balaban J connectivity index is 0.000000151. The van der Waals surface area contributed by atoms with Crippen molar-refractivity contribution in [1.29, 1.82) is 0 Å². The summed E-state index contributed by atoms with van der Waals surface area (Å²) in [6.07, 6.45) is 6.94. The molecule has 2 N–H and O–H groups in total. The van der Waals surface area contributed by atoms with Crippen LogP contribution in [-0.4, -0.2) is 46.1 Å². The SMILES string of the molecule is Fc1cnc(N2CCNCC2)nc1.O=c1[nH]c(C2CCCC2)nc2ccc(F)cc12. The van der Waals surface area contributed by atoms with Crippen LogP contribution in [0.2, 0.25) is 0 Å². The van der Waals surface area contributed by atoms with Crippen LogP contribution in [0.5, 0.6) is 0 Å². The fourth-order valence-electron chi connectivity index (χ4n) is 3.86. The first-order chi connectivity index (χ1) is 14.6. The Labute approximate surface area is 172 Å². The van der Waals surface area contributed by atoms with E-state index in [1.165, 1.54) is 37.4 Å². The number of hydrogen-bond acceptors (Lipinski definition) is 6. The van der Waals surface area contributed by atoms with E-state index in [1.807, 2.05) is 4.90 Å². The van der Waals surface area contributed by atoms with Crippen molar-refractivity contribution in [2.24, 2.45) is 0 Å². The van der Waals surface area contributed by atoms with Crippen LogP contribution in [0.15, 0.2) is 35.4 Å². The number of benzene rings is 1. The molecule has 3 aromatic rings. The van der Waals surface area contributed by atoms with E-state index in [0.29, 0.717) is 22.8 Å². The van der Waals surface area contributed by atoms with E-state index < -0.39 is 5.82 Å². The molecule has 0 unspecified atom stereocenters. The molecule has 0 spiro atoms. The average Bonchev–Trinajstić information content (AvgIpc) is 3.31. The number of aromatic amines is 1. The minimum atomic E-state index is -0.404. The van der Waals surface area contributed by atoms with E-state index in [0.717, 1.165) is 44.8 Å². The molecular formula is C21H24F2N6O. The number of halogens is 2. The summed E-state index contributed by atoms with van der Waals surface area (Å²) in [4.78, 5) is 28.9.